The van der Waals surface area contributed by atoms with Gasteiger partial charge >= 0.3 is 0 Å². The van der Waals surface area contributed by atoms with E-state index in [-0.39, 0.29) is 24.0 Å². The SMILES string of the molecule is CCN1CCN(Cc2ccc(CNC(=NC)NCCCCSC)cc2)CC1.I. The third-order valence-electron chi connectivity index (χ3n) is 5.09. The van der Waals surface area contributed by atoms with Gasteiger partial charge in [-0.15, -0.1) is 24.0 Å². The summed E-state index contributed by atoms with van der Waals surface area (Å²) in [5.41, 5.74) is 2.69. The van der Waals surface area contributed by atoms with Gasteiger partial charge in [0, 0.05) is 52.9 Å². The predicted octanol–water partition coefficient (Wildman–Crippen LogP) is 3.25. The van der Waals surface area contributed by atoms with E-state index in [1.165, 1.54) is 62.4 Å². The molecule has 0 saturated carbocycles. The summed E-state index contributed by atoms with van der Waals surface area (Å²) in [6, 6.07) is 9.00. The minimum atomic E-state index is 0. The lowest BCUT2D eigenvalue weighted by molar-refractivity contribution is 0.132. The van der Waals surface area contributed by atoms with Gasteiger partial charge in [0.25, 0.3) is 0 Å². The standard InChI is InChI=1S/C21H37N5S.HI/c1-4-25-12-14-26(15-13-25)18-20-9-7-19(8-10-20)17-24-21(22-2)23-11-5-6-16-27-3;/h7-10H,4-6,11-18H2,1-3H3,(H2,22,23,24);1H. The summed E-state index contributed by atoms with van der Waals surface area (Å²) >= 11 is 1.91. The highest BCUT2D eigenvalue weighted by Gasteiger charge is 2.15. The monoisotopic (exact) mass is 519 g/mol. The fraction of sp³-hybridized carbons (Fsp3) is 0.667. The zero-order chi connectivity index (χ0) is 19.3. The van der Waals surface area contributed by atoms with E-state index in [0.717, 1.165) is 25.6 Å². The number of nitrogens with zero attached hydrogens (tertiary/aromatic N) is 3. The molecule has 1 heterocycles. The summed E-state index contributed by atoms with van der Waals surface area (Å²) < 4.78 is 0. The molecule has 1 aliphatic heterocycles. The van der Waals surface area contributed by atoms with Gasteiger partial charge in [-0.2, -0.15) is 11.8 Å². The molecular formula is C21H38IN5S. The molecule has 0 bridgehead atoms. The van der Waals surface area contributed by atoms with Crippen molar-refractivity contribution in [2.24, 2.45) is 4.99 Å². The average Bonchev–Trinajstić information content (AvgIpc) is 2.72. The van der Waals surface area contributed by atoms with E-state index in [4.69, 9.17) is 0 Å². The Balaban J connectivity index is 0.00000392. The zero-order valence-electron chi connectivity index (χ0n) is 17.7. The number of nitrogens with one attached hydrogen (secondary N) is 2. The molecule has 2 rings (SSSR count). The first kappa shape index (κ1) is 25.5. The highest BCUT2D eigenvalue weighted by Crippen LogP contribution is 2.10. The van der Waals surface area contributed by atoms with Crippen LogP contribution >= 0.6 is 35.7 Å². The number of halogens is 1. The Labute approximate surface area is 193 Å². The fourth-order valence-electron chi connectivity index (χ4n) is 3.27. The fourth-order valence-corrected chi connectivity index (χ4v) is 3.76. The maximum Gasteiger partial charge on any atom is 0.191 e. The van der Waals surface area contributed by atoms with E-state index in [2.05, 4.69) is 62.9 Å². The molecule has 0 aliphatic carbocycles. The Morgan fingerprint density at radius 1 is 1.00 bits per heavy atom. The first-order valence-corrected chi connectivity index (χ1v) is 11.6. The lowest BCUT2D eigenvalue weighted by Gasteiger charge is -2.34. The largest absolute Gasteiger partial charge is 0.356 e. The Kier molecular flexibility index (Phi) is 14.0. The van der Waals surface area contributed by atoms with Crippen molar-refractivity contribution in [2.75, 3.05) is 58.3 Å². The van der Waals surface area contributed by atoms with Crippen LogP contribution in [0.25, 0.3) is 0 Å². The Morgan fingerprint density at radius 2 is 1.64 bits per heavy atom. The predicted molar refractivity (Wildman–Crippen MR) is 135 cm³/mol. The van der Waals surface area contributed by atoms with Crippen molar-refractivity contribution in [3.63, 3.8) is 0 Å². The number of rotatable bonds is 10. The zero-order valence-corrected chi connectivity index (χ0v) is 20.9. The van der Waals surface area contributed by atoms with Crippen molar-refractivity contribution in [2.45, 2.75) is 32.9 Å². The molecular weight excluding hydrogens is 481 g/mol. The van der Waals surface area contributed by atoms with Crippen molar-refractivity contribution in [1.82, 2.24) is 20.4 Å². The van der Waals surface area contributed by atoms with E-state index < -0.39 is 0 Å². The van der Waals surface area contributed by atoms with Crippen LogP contribution in [0.4, 0.5) is 0 Å². The van der Waals surface area contributed by atoms with Crippen LogP contribution in [0.5, 0.6) is 0 Å². The second kappa shape index (κ2) is 15.3. The van der Waals surface area contributed by atoms with Crippen LogP contribution in [0.1, 0.15) is 30.9 Å². The molecule has 0 spiro atoms. The van der Waals surface area contributed by atoms with Crippen LogP contribution in [-0.2, 0) is 13.1 Å². The van der Waals surface area contributed by atoms with Crippen molar-refractivity contribution in [3.05, 3.63) is 35.4 Å². The topological polar surface area (TPSA) is 42.9 Å². The van der Waals surface area contributed by atoms with Gasteiger partial charge < -0.3 is 15.5 Å². The van der Waals surface area contributed by atoms with Crippen LogP contribution in [0.3, 0.4) is 0 Å². The highest BCUT2D eigenvalue weighted by molar-refractivity contribution is 14.0. The highest BCUT2D eigenvalue weighted by atomic mass is 127. The van der Waals surface area contributed by atoms with Crippen LogP contribution in [0.2, 0.25) is 0 Å². The number of aliphatic imine (C=N–C) groups is 1. The van der Waals surface area contributed by atoms with Gasteiger partial charge in [-0.05, 0) is 42.5 Å². The van der Waals surface area contributed by atoms with Crippen molar-refractivity contribution in [1.29, 1.82) is 0 Å². The van der Waals surface area contributed by atoms with Crippen LogP contribution in [0, 0.1) is 0 Å². The number of benzene rings is 1. The lowest BCUT2D eigenvalue weighted by Crippen LogP contribution is -2.45. The molecule has 0 radical (unpaired) electrons. The third kappa shape index (κ3) is 9.80. The molecule has 0 atom stereocenters. The Bertz CT molecular complexity index is 544. The number of hydrogen-bond acceptors (Lipinski definition) is 4. The quantitative estimate of drug-likeness (QED) is 0.215. The minimum absolute atomic E-state index is 0. The van der Waals surface area contributed by atoms with E-state index in [1.54, 1.807) is 0 Å². The molecule has 0 amide bonds. The van der Waals surface area contributed by atoms with Crippen LogP contribution in [0.15, 0.2) is 29.3 Å². The van der Waals surface area contributed by atoms with E-state index in [1.807, 2.05) is 18.8 Å². The van der Waals surface area contributed by atoms with Gasteiger partial charge in [-0.1, -0.05) is 31.2 Å². The Morgan fingerprint density at radius 3 is 2.25 bits per heavy atom. The van der Waals surface area contributed by atoms with Crippen LogP contribution in [-0.4, -0.2) is 74.1 Å². The molecule has 1 saturated heterocycles. The van der Waals surface area contributed by atoms with Gasteiger partial charge in [-0.3, -0.25) is 9.89 Å². The normalized spacial score (nSPS) is 15.9. The molecule has 7 heteroatoms. The second-order valence-electron chi connectivity index (χ2n) is 7.08. The summed E-state index contributed by atoms with van der Waals surface area (Å²) in [6.45, 7) is 11.0. The summed E-state index contributed by atoms with van der Waals surface area (Å²) in [5, 5.41) is 6.80. The van der Waals surface area contributed by atoms with E-state index in [9.17, 15) is 0 Å². The van der Waals surface area contributed by atoms with Crippen molar-refractivity contribution in [3.8, 4) is 0 Å². The van der Waals surface area contributed by atoms with Gasteiger partial charge in [-0.25, -0.2) is 0 Å². The first-order chi connectivity index (χ1) is 13.2. The summed E-state index contributed by atoms with van der Waals surface area (Å²) in [7, 11) is 1.83. The van der Waals surface area contributed by atoms with E-state index in [0.29, 0.717) is 0 Å². The first-order valence-electron chi connectivity index (χ1n) is 10.2. The summed E-state index contributed by atoms with van der Waals surface area (Å²) in [6.07, 6.45) is 4.59. The Hall–Kier alpha value is -0.510. The minimum Gasteiger partial charge on any atom is -0.356 e. The molecule has 160 valence electrons. The number of unbranched alkanes of at least 4 members (excludes halogenated alkanes) is 1. The number of thioether (sulfide) groups is 1. The van der Waals surface area contributed by atoms with Gasteiger partial charge in [0.05, 0.1) is 0 Å². The molecule has 28 heavy (non-hydrogen) atoms. The summed E-state index contributed by atoms with van der Waals surface area (Å²) in [4.78, 5) is 9.39. The lowest BCUT2D eigenvalue weighted by atomic mass is 10.1. The second-order valence-corrected chi connectivity index (χ2v) is 8.06. The number of guanidine groups is 1. The van der Waals surface area contributed by atoms with Crippen molar-refractivity contribution < 1.29 is 0 Å². The van der Waals surface area contributed by atoms with Gasteiger partial charge in [0.1, 0.15) is 0 Å². The number of likely N-dealkylation sites (N-methyl/N-ethyl adjacent to an activating group) is 1. The number of piperazine rings is 1. The van der Waals surface area contributed by atoms with Gasteiger partial charge in [0.15, 0.2) is 5.96 Å². The smallest absolute Gasteiger partial charge is 0.191 e. The molecule has 1 fully saturated rings. The van der Waals surface area contributed by atoms with E-state index >= 15 is 0 Å². The molecule has 5 nitrogen and oxygen atoms in total. The molecule has 2 N–H and O–H groups in total. The van der Waals surface area contributed by atoms with Crippen molar-refractivity contribution >= 4 is 41.7 Å². The van der Waals surface area contributed by atoms with Crippen LogP contribution < -0.4 is 10.6 Å². The number of hydrogen-bond donors (Lipinski definition) is 2. The maximum absolute atomic E-state index is 4.31. The molecule has 0 unspecified atom stereocenters. The maximum atomic E-state index is 4.31. The molecule has 1 aliphatic rings. The summed E-state index contributed by atoms with van der Waals surface area (Å²) in [5.74, 6) is 2.12. The third-order valence-corrected chi connectivity index (χ3v) is 5.79. The average molecular weight is 520 g/mol. The molecule has 1 aromatic carbocycles. The molecule has 0 aromatic heterocycles. The molecule has 1 aromatic rings. The van der Waals surface area contributed by atoms with Gasteiger partial charge in [0.2, 0.25) is 0 Å².